The van der Waals surface area contributed by atoms with E-state index in [0.29, 0.717) is 16.5 Å². The number of β-lactam (4-membered cyclic amide) rings is 1. The number of aryl methyl sites for hydroxylation is 1. The summed E-state index contributed by atoms with van der Waals surface area (Å²) in [5.74, 6) is -1.91. The summed E-state index contributed by atoms with van der Waals surface area (Å²) >= 11 is 3.66. The van der Waals surface area contributed by atoms with Gasteiger partial charge in [-0.1, -0.05) is 11.8 Å². The second kappa shape index (κ2) is 8.72. The van der Waals surface area contributed by atoms with Gasteiger partial charge in [0, 0.05) is 23.9 Å². The molecule has 0 spiro atoms. The molecule has 0 aromatic carbocycles. The Morgan fingerprint density at radius 3 is 2.90 bits per heavy atom. The molecule has 4 rings (SSSR count). The van der Waals surface area contributed by atoms with E-state index in [9.17, 15) is 24.4 Å². The van der Waals surface area contributed by atoms with E-state index in [2.05, 4.69) is 30.4 Å². The topological polar surface area (TPSA) is 173 Å². The van der Waals surface area contributed by atoms with Crippen molar-refractivity contribution >= 4 is 52.8 Å². The molecule has 0 radical (unpaired) electrons. The van der Waals surface area contributed by atoms with Crippen LogP contribution in [0.25, 0.3) is 0 Å². The maximum absolute atomic E-state index is 12.7. The summed E-state index contributed by atoms with van der Waals surface area (Å²) < 4.78 is 5.40. The van der Waals surface area contributed by atoms with Crippen LogP contribution in [0.5, 0.6) is 0 Å². The van der Waals surface area contributed by atoms with Gasteiger partial charge in [-0.05, 0) is 38.8 Å². The first-order valence-corrected chi connectivity index (χ1v) is 11.6. The minimum absolute atomic E-state index is 0.105. The van der Waals surface area contributed by atoms with E-state index in [-0.39, 0.29) is 17.1 Å². The van der Waals surface area contributed by atoms with Crippen molar-refractivity contribution in [2.75, 3.05) is 11.5 Å². The van der Waals surface area contributed by atoms with Crippen LogP contribution in [0.3, 0.4) is 0 Å². The second-order valence-electron chi connectivity index (χ2n) is 6.46. The fraction of sp³-hybridized carbons (Fsp3) is 0.400. The van der Waals surface area contributed by atoms with E-state index in [1.165, 1.54) is 39.2 Å². The normalized spacial score (nSPS) is 21.3. The number of nitrogens with one attached hydrogen (secondary N) is 1. The van der Waals surface area contributed by atoms with Gasteiger partial charge in [0.2, 0.25) is 11.2 Å². The predicted octanol–water partition coefficient (Wildman–Crippen LogP) is 0.00500. The van der Waals surface area contributed by atoms with E-state index in [0.717, 1.165) is 11.5 Å². The molecule has 2 aromatic heterocycles. The third kappa shape index (κ3) is 3.92. The molecule has 2 unspecified atom stereocenters. The van der Waals surface area contributed by atoms with Gasteiger partial charge in [-0.15, -0.1) is 21.8 Å². The van der Waals surface area contributed by atoms with Crippen LogP contribution in [0, 0.1) is 4.91 Å². The Kier molecular flexibility index (Phi) is 6.01. The third-order valence-electron chi connectivity index (χ3n) is 4.60. The Labute approximate surface area is 186 Å². The SMILES string of the molecule is Cn1nnnc1SCC1=C(C(=O)O)N2C(=O)C(NC(=O)C(N=O)c3ccsn3)[C@@H]2SC1. The molecule has 3 atom stereocenters. The molecular formula is C15H14N8O5S3. The van der Waals surface area contributed by atoms with Crippen LogP contribution >= 0.6 is 35.1 Å². The van der Waals surface area contributed by atoms with Crippen molar-refractivity contribution in [3.63, 3.8) is 0 Å². The first-order chi connectivity index (χ1) is 14.9. The molecule has 2 amide bonds. The lowest BCUT2D eigenvalue weighted by molar-refractivity contribution is -0.150. The van der Waals surface area contributed by atoms with Crippen LogP contribution in [0.2, 0.25) is 0 Å². The van der Waals surface area contributed by atoms with Crippen LogP contribution in [-0.4, -0.2) is 75.3 Å². The number of aliphatic carboxylic acids is 1. The number of thioether (sulfide) groups is 2. The van der Waals surface area contributed by atoms with Gasteiger partial charge in [0.1, 0.15) is 17.1 Å². The summed E-state index contributed by atoms with van der Waals surface area (Å²) in [7, 11) is 1.67. The lowest BCUT2D eigenvalue weighted by Crippen LogP contribution is -2.70. The van der Waals surface area contributed by atoms with Crippen molar-refractivity contribution in [3.05, 3.63) is 33.3 Å². The van der Waals surface area contributed by atoms with Crippen molar-refractivity contribution in [1.29, 1.82) is 0 Å². The Hall–Kier alpha value is -2.85. The third-order valence-corrected chi connectivity index (χ3v) is 7.61. The molecule has 2 aromatic rings. The highest BCUT2D eigenvalue weighted by atomic mass is 32.2. The number of fused-ring (bicyclic) bond motifs is 1. The van der Waals surface area contributed by atoms with Crippen LogP contribution in [0.4, 0.5) is 0 Å². The number of amides is 2. The first kappa shape index (κ1) is 21.4. The summed E-state index contributed by atoms with van der Waals surface area (Å²) in [6.07, 6.45) is 0. The molecule has 2 aliphatic rings. The van der Waals surface area contributed by atoms with Crippen LogP contribution in [-0.2, 0) is 21.4 Å². The van der Waals surface area contributed by atoms with Gasteiger partial charge < -0.3 is 10.4 Å². The molecule has 1 saturated heterocycles. The zero-order valence-electron chi connectivity index (χ0n) is 15.7. The summed E-state index contributed by atoms with van der Waals surface area (Å²) in [6, 6.07) is -0.822. The van der Waals surface area contributed by atoms with E-state index < -0.39 is 35.2 Å². The molecule has 1 fully saturated rings. The molecule has 0 aliphatic carbocycles. The molecule has 16 heteroatoms. The molecule has 162 valence electrons. The van der Waals surface area contributed by atoms with E-state index >= 15 is 0 Å². The fourth-order valence-corrected chi connectivity index (χ4v) is 6.00. The van der Waals surface area contributed by atoms with Crippen LogP contribution in [0.1, 0.15) is 11.7 Å². The summed E-state index contributed by atoms with van der Waals surface area (Å²) in [5.41, 5.74) is 0.641. The number of rotatable bonds is 8. The molecule has 0 bridgehead atoms. The van der Waals surface area contributed by atoms with Gasteiger partial charge in [-0.3, -0.25) is 14.5 Å². The average molecular weight is 483 g/mol. The number of tetrazole rings is 1. The Morgan fingerprint density at radius 2 is 2.29 bits per heavy atom. The number of carboxylic acid groups (broad SMARTS) is 1. The number of carbonyl (C=O) groups is 3. The van der Waals surface area contributed by atoms with Gasteiger partial charge in [0.15, 0.2) is 0 Å². The predicted molar refractivity (Wildman–Crippen MR) is 110 cm³/mol. The number of hydrogen-bond donors (Lipinski definition) is 2. The van der Waals surface area contributed by atoms with Crippen LogP contribution < -0.4 is 5.32 Å². The largest absolute Gasteiger partial charge is 0.477 e. The van der Waals surface area contributed by atoms with Gasteiger partial charge in [0.05, 0.1) is 5.69 Å². The summed E-state index contributed by atoms with van der Waals surface area (Å²) in [6.45, 7) is 0. The van der Waals surface area contributed by atoms with Gasteiger partial charge in [-0.2, -0.15) is 4.37 Å². The minimum Gasteiger partial charge on any atom is -0.477 e. The zero-order valence-corrected chi connectivity index (χ0v) is 18.2. The van der Waals surface area contributed by atoms with Gasteiger partial charge >= 0.3 is 5.97 Å². The number of nitrogens with zero attached hydrogens (tertiary/aromatic N) is 7. The molecule has 0 saturated carbocycles. The lowest BCUT2D eigenvalue weighted by atomic mass is 10.0. The standard InChI is InChI=1S/C15H14N8O5S3/c1-22-15(17-20-21-22)30-5-6-4-29-13-9(12(25)23(13)10(6)14(26)27)16-11(24)8(18-28)7-2-3-31-19-7/h2-3,8-9,13H,4-5H2,1H3,(H,16,24)(H,26,27)/t8?,9?,13-/m0/s1. The highest BCUT2D eigenvalue weighted by Crippen LogP contribution is 2.41. The van der Waals surface area contributed by atoms with Gasteiger partial charge in [-0.25, -0.2) is 9.48 Å². The van der Waals surface area contributed by atoms with Crippen molar-refractivity contribution < 1.29 is 19.5 Å². The lowest BCUT2D eigenvalue weighted by Gasteiger charge is -2.49. The highest BCUT2D eigenvalue weighted by molar-refractivity contribution is 8.01. The molecular weight excluding hydrogens is 468 g/mol. The number of hydrogen-bond acceptors (Lipinski definition) is 12. The summed E-state index contributed by atoms with van der Waals surface area (Å²) in [4.78, 5) is 49.4. The fourth-order valence-electron chi connectivity index (χ4n) is 3.12. The summed E-state index contributed by atoms with van der Waals surface area (Å²) in [5, 5.41) is 27.7. The second-order valence-corrected chi connectivity index (χ2v) is 9.17. The molecule has 4 heterocycles. The zero-order chi connectivity index (χ0) is 22.1. The minimum atomic E-state index is -1.37. The molecule has 31 heavy (non-hydrogen) atoms. The Balaban J connectivity index is 1.48. The number of nitroso groups, excluding NO2 is 1. The van der Waals surface area contributed by atoms with Crippen LogP contribution in [0.15, 0.2) is 33.0 Å². The number of carbonyl (C=O) groups excluding carboxylic acids is 2. The maximum atomic E-state index is 12.7. The molecule has 2 N–H and O–H groups in total. The Bertz CT molecular complexity index is 1070. The average Bonchev–Trinajstić information content (AvgIpc) is 3.42. The smallest absolute Gasteiger partial charge is 0.352 e. The van der Waals surface area contributed by atoms with Crippen molar-refractivity contribution in [2.24, 2.45) is 12.2 Å². The van der Waals surface area contributed by atoms with Gasteiger partial charge in [0.25, 0.3) is 11.8 Å². The van der Waals surface area contributed by atoms with E-state index in [1.54, 1.807) is 12.4 Å². The van der Waals surface area contributed by atoms with Crippen molar-refractivity contribution in [3.8, 4) is 0 Å². The van der Waals surface area contributed by atoms with Crippen molar-refractivity contribution in [2.45, 2.75) is 22.6 Å². The Morgan fingerprint density at radius 1 is 1.48 bits per heavy atom. The molecule has 2 aliphatic heterocycles. The van der Waals surface area contributed by atoms with E-state index in [1.807, 2.05) is 0 Å². The monoisotopic (exact) mass is 482 g/mol. The molecule has 13 nitrogen and oxygen atoms in total. The first-order valence-electron chi connectivity index (χ1n) is 8.70. The number of carboxylic acids is 1. The maximum Gasteiger partial charge on any atom is 0.352 e. The van der Waals surface area contributed by atoms with E-state index in [4.69, 9.17) is 0 Å². The number of aromatic nitrogens is 5. The van der Waals surface area contributed by atoms with Crippen molar-refractivity contribution in [1.82, 2.24) is 34.8 Å². The quantitative estimate of drug-likeness (QED) is 0.295. The highest BCUT2D eigenvalue weighted by Gasteiger charge is 2.54.